The van der Waals surface area contributed by atoms with E-state index in [9.17, 15) is 13.2 Å². The van der Waals surface area contributed by atoms with Crippen LogP contribution in [0.4, 0.5) is 0 Å². The zero-order valence-corrected chi connectivity index (χ0v) is 16.8. The first-order valence-corrected chi connectivity index (χ1v) is 10.9. The van der Waals surface area contributed by atoms with Crippen molar-refractivity contribution in [3.63, 3.8) is 0 Å². The number of piperidine rings is 1. The molecular formula is C21H21N3O4S. The van der Waals surface area contributed by atoms with Crippen LogP contribution in [0.25, 0.3) is 11.0 Å². The molecule has 1 saturated heterocycles. The molecule has 150 valence electrons. The molecule has 1 fully saturated rings. The number of rotatable bonds is 4. The normalized spacial score (nSPS) is 15.4. The number of carbonyl (C=O) groups excluding carboxylic acids is 1. The fourth-order valence-electron chi connectivity index (χ4n) is 3.61. The van der Waals surface area contributed by atoms with Crippen LogP contribution >= 0.6 is 0 Å². The van der Waals surface area contributed by atoms with E-state index in [1.54, 1.807) is 66.9 Å². The first-order chi connectivity index (χ1) is 14.0. The van der Waals surface area contributed by atoms with Crippen LogP contribution in [0.5, 0.6) is 5.75 Å². The molecule has 0 atom stereocenters. The van der Waals surface area contributed by atoms with Gasteiger partial charge in [0, 0.05) is 31.0 Å². The Labute approximate surface area is 169 Å². The molecule has 4 rings (SSSR count). The van der Waals surface area contributed by atoms with Crippen LogP contribution in [0, 0.1) is 0 Å². The maximum atomic E-state index is 12.9. The van der Waals surface area contributed by atoms with Gasteiger partial charge in [-0.25, -0.2) is 8.42 Å². The standard InChI is InChI=1S/C21H21N3O4S/c1-28-16-3-5-17(6-4-16)29(26,27)18-8-12-24(13-9-18)21(25)15-2-7-19-20(14-15)23-11-10-22-19/h2-7,10-11,14,18H,8-9,12-13H2,1H3. The molecule has 1 amide bonds. The number of ether oxygens (including phenoxy) is 1. The SMILES string of the molecule is COc1ccc(S(=O)(=O)C2CCN(C(=O)c3ccc4nccnc4c3)CC2)cc1. The summed E-state index contributed by atoms with van der Waals surface area (Å²) < 4.78 is 30.9. The fourth-order valence-corrected chi connectivity index (χ4v) is 5.34. The van der Waals surface area contributed by atoms with E-state index in [0.29, 0.717) is 42.8 Å². The molecule has 1 aliphatic heterocycles. The van der Waals surface area contributed by atoms with Crippen molar-refractivity contribution in [2.75, 3.05) is 20.2 Å². The molecule has 1 aliphatic rings. The van der Waals surface area contributed by atoms with Gasteiger partial charge < -0.3 is 9.64 Å². The Balaban J connectivity index is 1.45. The van der Waals surface area contributed by atoms with E-state index in [4.69, 9.17) is 4.74 Å². The number of carbonyl (C=O) groups is 1. The third-order valence-electron chi connectivity index (χ3n) is 5.27. The predicted octanol–water partition coefficient (Wildman–Crippen LogP) is 2.72. The molecule has 0 bridgehead atoms. The lowest BCUT2D eigenvalue weighted by Gasteiger charge is -2.31. The van der Waals surface area contributed by atoms with Crippen LogP contribution in [-0.2, 0) is 9.84 Å². The van der Waals surface area contributed by atoms with Crippen molar-refractivity contribution in [2.24, 2.45) is 0 Å². The Morgan fingerprint density at radius 2 is 1.66 bits per heavy atom. The minimum absolute atomic E-state index is 0.113. The maximum Gasteiger partial charge on any atom is 0.253 e. The highest BCUT2D eigenvalue weighted by Crippen LogP contribution is 2.27. The highest BCUT2D eigenvalue weighted by Gasteiger charge is 2.33. The van der Waals surface area contributed by atoms with E-state index in [1.807, 2.05) is 0 Å². The first-order valence-electron chi connectivity index (χ1n) is 9.37. The monoisotopic (exact) mass is 411 g/mol. The zero-order chi connectivity index (χ0) is 20.4. The highest BCUT2D eigenvalue weighted by molar-refractivity contribution is 7.92. The number of fused-ring (bicyclic) bond motifs is 1. The Hall–Kier alpha value is -3.00. The number of likely N-dealkylation sites (tertiary alicyclic amines) is 1. The van der Waals surface area contributed by atoms with Crippen LogP contribution in [0.3, 0.4) is 0 Å². The second-order valence-corrected chi connectivity index (χ2v) is 9.20. The molecule has 0 spiro atoms. The van der Waals surface area contributed by atoms with Gasteiger partial charge in [0.15, 0.2) is 9.84 Å². The Morgan fingerprint density at radius 3 is 2.31 bits per heavy atom. The second kappa shape index (κ2) is 7.79. The number of aromatic nitrogens is 2. The predicted molar refractivity (Wildman–Crippen MR) is 109 cm³/mol. The fraction of sp³-hybridized carbons (Fsp3) is 0.286. The molecule has 7 nitrogen and oxygen atoms in total. The van der Waals surface area contributed by atoms with Crippen molar-refractivity contribution >= 4 is 26.8 Å². The number of hydrogen-bond donors (Lipinski definition) is 0. The van der Waals surface area contributed by atoms with Crippen LogP contribution < -0.4 is 4.74 Å². The van der Waals surface area contributed by atoms with Crippen LogP contribution in [0.15, 0.2) is 59.8 Å². The number of hydrogen-bond acceptors (Lipinski definition) is 6. The van der Waals surface area contributed by atoms with Gasteiger partial charge in [0.05, 0.1) is 28.3 Å². The Kier molecular flexibility index (Phi) is 5.19. The lowest BCUT2D eigenvalue weighted by molar-refractivity contribution is 0.0726. The molecule has 0 saturated carbocycles. The number of methoxy groups -OCH3 is 1. The van der Waals surface area contributed by atoms with Gasteiger partial charge in [-0.05, 0) is 55.3 Å². The van der Waals surface area contributed by atoms with E-state index in [-0.39, 0.29) is 10.8 Å². The van der Waals surface area contributed by atoms with Crippen LogP contribution in [-0.4, -0.2) is 54.6 Å². The number of amides is 1. The van der Waals surface area contributed by atoms with Crippen molar-refractivity contribution in [1.29, 1.82) is 0 Å². The summed E-state index contributed by atoms with van der Waals surface area (Å²) in [6, 6.07) is 11.7. The highest BCUT2D eigenvalue weighted by atomic mass is 32.2. The molecule has 8 heteroatoms. The van der Waals surface area contributed by atoms with Crippen molar-refractivity contribution in [3.05, 3.63) is 60.4 Å². The topological polar surface area (TPSA) is 89.5 Å². The van der Waals surface area contributed by atoms with E-state index >= 15 is 0 Å². The number of nitrogens with zero attached hydrogens (tertiary/aromatic N) is 3. The van der Waals surface area contributed by atoms with Gasteiger partial charge in [-0.1, -0.05) is 0 Å². The van der Waals surface area contributed by atoms with E-state index < -0.39 is 15.1 Å². The Bertz CT molecular complexity index is 1140. The summed E-state index contributed by atoms with van der Waals surface area (Å²) in [5.74, 6) is 0.502. The minimum atomic E-state index is -3.44. The van der Waals surface area contributed by atoms with Gasteiger partial charge in [0.25, 0.3) is 5.91 Å². The summed E-state index contributed by atoms with van der Waals surface area (Å²) >= 11 is 0. The summed E-state index contributed by atoms with van der Waals surface area (Å²) in [6.45, 7) is 0.800. The summed E-state index contributed by atoms with van der Waals surface area (Å²) in [6.07, 6.45) is 4.02. The minimum Gasteiger partial charge on any atom is -0.497 e. The summed E-state index contributed by atoms with van der Waals surface area (Å²) in [5, 5.41) is -0.498. The number of benzene rings is 2. The summed E-state index contributed by atoms with van der Waals surface area (Å²) in [7, 11) is -1.90. The molecule has 2 heterocycles. The van der Waals surface area contributed by atoms with Gasteiger partial charge in [-0.2, -0.15) is 0 Å². The van der Waals surface area contributed by atoms with E-state index in [1.165, 1.54) is 0 Å². The molecular weight excluding hydrogens is 390 g/mol. The average molecular weight is 411 g/mol. The summed E-state index contributed by atoms with van der Waals surface area (Å²) in [5.41, 5.74) is 1.93. The molecule has 0 radical (unpaired) electrons. The van der Waals surface area contributed by atoms with Crippen molar-refractivity contribution in [3.8, 4) is 5.75 Å². The quantitative estimate of drug-likeness (QED) is 0.656. The van der Waals surface area contributed by atoms with Gasteiger partial charge in [0.2, 0.25) is 0 Å². The van der Waals surface area contributed by atoms with Crippen molar-refractivity contribution in [1.82, 2.24) is 14.9 Å². The van der Waals surface area contributed by atoms with Gasteiger partial charge in [0.1, 0.15) is 5.75 Å². The van der Waals surface area contributed by atoms with E-state index in [0.717, 1.165) is 5.52 Å². The van der Waals surface area contributed by atoms with Crippen LogP contribution in [0.2, 0.25) is 0 Å². The van der Waals surface area contributed by atoms with Crippen LogP contribution in [0.1, 0.15) is 23.2 Å². The van der Waals surface area contributed by atoms with E-state index in [2.05, 4.69) is 9.97 Å². The molecule has 0 aliphatic carbocycles. The Morgan fingerprint density at radius 1 is 1.00 bits per heavy atom. The molecule has 1 aromatic heterocycles. The van der Waals surface area contributed by atoms with Crippen molar-refractivity contribution < 1.29 is 17.9 Å². The molecule has 0 N–H and O–H groups in total. The van der Waals surface area contributed by atoms with Crippen molar-refractivity contribution in [2.45, 2.75) is 23.0 Å². The first kappa shape index (κ1) is 19.3. The molecule has 0 unspecified atom stereocenters. The molecule has 3 aromatic rings. The lowest BCUT2D eigenvalue weighted by Crippen LogP contribution is -2.42. The number of sulfone groups is 1. The third kappa shape index (κ3) is 3.80. The third-order valence-corrected chi connectivity index (χ3v) is 7.55. The largest absolute Gasteiger partial charge is 0.497 e. The van der Waals surface area contributed by atoms with Gasteiger partial charge in [-0.15, -0.1) is 0 Å². The smallest absolute Gasteiger partial charge is 0.253 e. The maximum absolute atomic E-state index is 12.9. The molecule has 29 heavy (non-hydrogen) atoms. The second-order valence-electron chi connectivity index (χ2n) is 6.97. The summed E-state index contributed by atoms with van der Waals surface area (Å²) in [4.78, 5) is 23.3. The van der Waals surface area contributed by atoms with Gasteiger partial charge >= 0.3 is 0 Å². The molecule has 2 aromatic carbocycles. The van der Waals surface area contributed by atoms with Gasteiger partial charge in [-0.3, -0.25) is 14.8 Å². The average Bonchev–Trinajstić information content (AvgIpc) is 2.78. The zero-order valence-electron chi connectivity index (χ0n) is 16.0. The lowest BCUT2D eigenvalue weighted by atomic mass is 10.1.